The van der Waals surface area contributed by atoms with E-state index in [4.69, 9.17) is 27.9 Å². The number of carbonyl (C=O) groups is 1. The highest BCUT2D eigenvalue weighted by molar-refractivity contribution is 6.31. The molecule has 0 saturated carbocycles. The zero-order chi connectivity index (χ0) is 22.4. The molecule has 0 fully saturated rings. The summed E-state index contributed by atoms with van der Waals surface area (Å²) in [6.07, 6.45) is 1.47. The minimum absolute atomic E-state index is 0.0585. The summed E-state index contributed by atoms with van der Waals surface area (Å²) >= 11 is 12.1. The van der Waals surface area contributed by atoms with Gasteiger partial charge >= 0.3 is 0 Å². The van der Waals surface area contributed by atoms with Gasteiger partial charge in [0, 0.05) is 21.3 Å². The van der Waals surface area contributed by atoms with Crippen LogP contribution in [0.4, 0.5) is 5.69 Å². The second-order valence-corrected chi connectivity index (χ2v) is 7.89. The Kier molecular flexibility index (Phi) is 7.36. The van der Waals surface area contributed by atoms with Crippen LogP contribution in [0.1, 0.15) is 22.3 Å². The van der Waals surface area contributed by atoms with Gasteiger partial charge in [0.25, 0.3) is 5.91 Å². The number of nitrogens with one attached hydrogen (secondary N) is 1. The molecule has 0 aliphatic carbocycles. The van der Waals surface area contributed by atoms with Crippen molar-refractivity contribution in [2.45, 2.75) is 20.5 Å². The van der Waals surface area contributed by atoms with Crippen LogP contribution in [0.25, 0.3) is 6.08 Å². The fourth-order valence-corrected chi connectivity index (χ4v) is 3.13. The van der Waals surface area contributed by atoms with Crippen molar-refractivity contribution >= 4 is 40.9 Å². The summed E-state index contributed by atoms with van der Waals surface area (Å²) < 4.78 is 5.90. The van der Waals surface area contributed by atoms with Crippen LogP contribution < -0.4 is 10.1 Å². The number of amides is 1. The maximum absolute atomic E-state index is 12.7. The second kappa shape index (κ2) is 10.2. The fourth-order valence-electron chi connectivity index (χ4n) is 2.83. The molecule has 0 unspecified atom stereocenters. The molecule has 4 nitrogen and oxygen atoms in total. The van der Waals surface area contributed by atoms with Crippen LogP contribution in [-0.2, 0) is 11.4 Å². The van der Waals surface area contributed by atoms with Crippen molar-refractivity contribution in [3.8, 4) is 11.8 Å². The maximum atomic E-state index is 12.7. The van der Waals surface area contributed by atoms with Gasteiger partial charge in [-0.1, -0.05) is 41.4 Å². The van der Waals surface area contributed by atoms with Crippen LogP contribution in [0.3, 0.4) is 0 Å². The van der Waals surface area contributed by atoms with E-state index >= 15 is 0 Å². The Labute approximate surface area is 191 Å². The lowest BCUT2D eigenvalue weighted by atomic mass is 10.1. The second-order valence-electron chi connectivity index (χ2n) is 7.02. The lowest BCUT2D eigenvalue weighted by Crippen LogP contribution is -2.13. The predicted octanol–water partition coefficient (Wildman–Crippen LogP) is 6.73. The molecule has 1 amide bonds. The standard InChI is InChI=1S/C25H20Cl2N2O2/c1-16-3-9-23(11-17(16)2)29-25(30)20(14-28)12-19-13-22(27)8-10-24(19)31-15-18-4-6-21(26)7-5-18/h3-13H,15H2,1-2H3,(H,29,30)/b20-12+. The average molecular weight is 451 g/mol. The highest BCUT2D eigenvalue weighted by Gasteiger charge is 2.12. The van der Waals surface area contributed by atoms with E-state index < -0.39 is 5.91 Å². The van der Waals surface area contributed by atoms with E-state index in [0.717, 1.165) is 16.7 Å². The van der Waals surface area contributed by atoms with Crippen molar-refractivity contribution in [1.29, 1.82) is 5.26 Å². The monoisotopic (exact) mass is 450 g/mol. The van der Waals surface area contributed by atoms with E-state index in [1.165, 1.54) is 6.08 Å². The molecule has 31 heavy (non-hydrogen) atoms. The van der Waals surface area contributed by atoms with Gasteiger partial charge in [-0.25, -0.2) is 0 Å². The summed E-state index contributed by atoms with van der Waals surface area (Å²) in [5, 5.41) is 13.4. The first-order chi connectivity index (χ1) is 14.9. The molecule has 0 heterocycles. The van der Waals surface area contributed by atoms with Gasteiger partial charge in [0.15, 0.2) is 0 Å². The summed E-state index contributed by atoms with van der Waals surface area (Å²) in [6, 6.07) is 19.9. The first-order valence-corrected chi connectivity index (χ1v) is 10.3. The number of hydrogen-bond acceptors (Lipinski definition) is 3. The number of ether oxygens (including phenoxy) is 1. The van der Waals surface area contributed by atoms with Gasteiger partial charge in [-0.2, -0.15) is 5.26 Å². The zero-order valence-electron chi connectivity index (χ0n) is 17.1. The predicted molar refractivity (Wildman–Crippen MR) is 125 cm³/mol. The van der Waals surface area contributed by atoms with Crippen molar-refractivity contribution in [3.05, 3.63) is 98.5 Å². The number of carbonyl (C=O) groups excluding carboxylic acids is 1. The third kappa shape index (κ3) is 6.11. The number of anilines is 1. The number of rotatable bonds is 6. The SMILES string of the molecule is Cc1ccc(NC(=O)/C(C#N)=C/c2cc(Cl)ccc2OCc2ccc(Cl)cc2)cc1C. The molecule has 3 aromatic rings. The summed E-state index contributed by atoms with van der Waals surface area (Å²) in [7, 11) is 0. The lowest BCUT2D eigenvalue weighted by molar-refractivity contribution is -0.112. The van der Waals surface area contributed by atoms with Crippen LogP contribution in [0.15, 0.2) is 66.2 Å². The summed E-state index contributed by atoms with van der Waals surface area (Å²) in [5.74, 6) is 0.000426. The molecule has 0 aliphatic rings. The minimum Gasteiger partial charge on any atom is -0.488 e. The molecule has 0 bridgehead atoms. The molecule has 0 aromatic heterocycles. The zero-order valence-corrected chi connectivity index (χ0v) is 18.6. The smallest absolute Gasteiger partial charge is 0.266 e. The van der Waals surface area contributed by atoms with Gasteiger partial charge in [-0.05, 0) is 79.1 Å². The Morgan fingerprint density at radius 2 is 1.71 bits per heavy atom. The fraction of sp³-hybridized carbons (Fsp3) is 0.120. The maximum Gasteiger partial charge on any atom is 0.266 e. The molecule has 0 atom stereocenters. The van der Waals surface area contributed by atoms with Crippen LogP contribution >= 0.6 is 23.2 Å². The van der Waals surface area contributed by atoms with Crippen LogP contribution in [0.2, 0.25) is 10.0 Å². The van der Waals surface area contributed by atoms with E-state index in [9.17, 15) is 10.1 Å². The van der Waals surface area contributed by atoms with Crippen LogP contribution in [0, 0.1) is 25.2 Å². The number of hydrogen-bond donors (Lipinski definition) is 1. The number of aryl methyl sites for hydroxylation is 2. The van der Waals surface area contributed by atoms with Gasteiger partial charge < -0.3 is 10.1 Å². The van der Waals surface area contributed by atoms with E-state index in [1.807, 2.05) is 44.2 Å². The highest BCUT2D eigenvalue weighted by Crippen LogP contribution is 2.27. The van der Waals surface area contributed by atoms with E-state index in [1.54, 1.807) is 36.4 Å². The van der Waals surface area contributed by atoms with Crippen molar-refractivity contribution in [1.82, 2.24) is 0 Å². The largest absolute Gasteiger partial charge is 0.488 e. The molecule has 6 heteroatoms. The average Bonchev–Trinajstić information content (AvgIpc) is 2.75. The molecule has 3 rings (SSSR count). The quantitative estimate of drug-likeness (QED) is 0.334. The Morgan fingerprint density at radius 1 is 1.00 bits per heavy atom. The lowest BCUT2D eigenvalue weighted by Gasteiger charge is -2.11. The van der Waals surface area contributed by atoms with E-state index in [2.05, 4.69) is 5.32 Å². The normalized spacial score (nSPS) is 11.0. The molecular formula is C25H20Cl2N2O2. The van der Waals surface area contributed by atoms with Crippen LogP contribution in [0.5, 0.6) is 5.75 Å². The topological polar surface area (TPSA) is 62.1 Å². The van der Waals surface area contributed by atoms with Crippen molar-refractivity contribution in [3.63, 3.8) is 0 Å². The third-order valence-corrected chi connectivity index (χ3v) is 5.20. The Bertz CT molecular complexity index is 1180. The molecule has 156 valence electrons. The van der Waals surface area contributed by atoms with Gasteiger partial charge in [0.2, 0.25) is 0 Å². The third-order valence-electron chi connectivity index (χ3n) is 4.71. The minimum atomic E-state index is -0.505. The van der Waals surface area contributed by atoms with Gasteiger partial charge in [-0.3, -0.25) is 4.79 Å². The van der Waals surface area contributed by atoms with Crippen molar-refractivity contribution < 1.29 is 9.53 Å². The van der Waals surface area contributed by atoms with Gasteiger partial charge in [0.1, 0.15) is 24.0 Å². The molecule has 0 aliphatic heterocycles. The first-order valence-electron chi connectivity index (χ1n) is 9.53. The number of nitrogens with zero attached hydrogens (tertiary/aromatic N) is 1. The van der Waals surface area contributed by atoms with Crippen molar-refractivity contribution in [2.24, 2.45) is 0 Å². The number of halogens is 2. The summed E-state index contributed by atoms with van der Waals surface area (Å²) in [4.78, 5) is 12.7. The first kappa shape index (κ1) is 22.4. The Balaban J connectivity index is 1.82. The molecule has 0 saturated heterocycles. The van der Waals surface area contributed by atoms with E-state index in [-0.39, 0.29) is 5.57 Å². The number of benzene rings is 3. The van der Waals surface area contributed by atoms with Gasteiger partial charge in [-0.15, -0.1) is 0 Å². The van der Waals surface area contributed by atoms with Crippen LogP contribution in [-0.4, -0.2) is 5.91 Å². The molecule has 1 N–H and O–H groups in total. The summed E-state index contributed by atoms with van der Waals surface area (Å²) in [6.45, 7) is 4.25. The molecule has 0 spiro atoms. The Morgan fingerprint density at radius 3 is 2.39 bits per heavy atom. The summed E-state index contributed by atoms with van der Waals surface area (Å²) in [5.41, 5.74) is 4.20. The Hall–Kier alpha value is -3.26. The molecule has 0 radical (unpaired) electrons. The number of nitriles is 1. The van der Waals surface area contributed by atoms with Gasteiger partial charge in [0.05, 0.1) is 0 Å². The highest BCUT2D eigenvalue weighted by atomic mass is 35.5. The van der Waals surface area contributed by atoms with Crippen molar-refractivity contribution in [2.75, 3.05) is 5.32 Å². The molecule has 3 aromatic carbocycles. The van der Waals surface area contributed by atoms with E-state index in [0.29, 0.717) is 33.7 Å². The molecular weight excluding hydrogens is 431 g/mol.